The number of amides is 3. The number of nitrogens with zero attached hydrogens (tertiary/aromatic N) is 1. The molecule has 2 rings (SSSR count). The van der Waals surface area contributed by atoms with Crippen LogP contribution in [-0.2, 0) is 11.3 Å². The summed E-state index contributed by atoms with van der Waals surface area (Å²) < 4.78 is 18.5. The average Bonchev–Trinajstić information content (AvgIpc) is 2.73. The lowest BCUT2D eigenvalue weighted by molar-refractivity contribution is -0.127. The largest absolute Gasteiger partial charge is 0.496 e. The minimum atomic E-state index is -0.496. The normalized spacial score (nSPS) is 18.0. The van der Waals surface area contributed by atoms with Crippen LogP contribution in [-0.4, -0.2) is 42.0 Å². The first kappa shape index (κ1) is 15.6. The van der Waals surface area contributed by atoms with Gasteiger partial charge in [-0.2, -0.15) is 11.8 Å². The molecule has 21 heavy (non-hydrogen) atoms. The van der Waals surface area contributed by atoms with Gasteiger partial charge in [-0.1, -0.05) is 0 Å². The van der Waals surface area contributed by atoms with Crippen molar-refractivity contribution in [1.29, 1.82) is 0 Å². The van der Waals surface area contributed by atoms with Gasteiger partial charge in [-0.3, -0.25) is 9.69 Å². The van der Waals surface area contributed by atoms with Crippen LogP contribution in [0.2, 0.25) is 0 Å². The van der Waals surface area contributed by atoms with Gasteiger partial charge in [0.1, 0.15) is 17.6 Å². The number of hydrogen-bond acceptors (Lipinski definition) is 4. The van der Waals surface area contributed by atoms with Gasteiger partial charge >= 0.3 is 6.03 Å². The summed E-state index contributed by atoms with van der Waals surface area (Å²) in [5.41, 5.74) is 0.464. The van der Waals surface area contributed by atoms with Crippen LogP contribution < -0.4 is 10.1 Å². The molecule has 0 aromatic heterocycles. The molecule has 1 heterocycles. The Kier molecular flexibility index (Phi) is 5.06. The number of carbonyl (C=O) groups excluding carboxylic acids is 2. The Morgan fingerprint density at radius 1 is 1.43 bits per heavy atom. The molecule has 1 atom stereocenters. The highest BCUT2D eigenvalue weighted by molar-refractivity contribution is 7.98. The number of urea groups is 1. The lowest BCUT2D eigenvalue weighted by Crippen LogP contribution is -2.31. The average molecular weight is 312 g/mol. The van der Waals surface area contributed by atoms with Crippen molar-refractivity contribution in [3.8, 4) is 5.75 Å². The second-order valence-corrected chi connectivity index (χ2v) is 5.65. The number of methoxy groups -OCH3 is 1. The van der Waals surface area contributed by atoms with Crippen molar-refractivity contribution in [3.63, 3.8) is 0 Å². The van der Waals surface area contributed by atoms with E-state index in [1.807, 2.05) is 6.26 Å². The van der Waals surface area contributed by atoms with Crippen molar-refractivity contribution in [2.75, 3.05) is 19.1 Å². The number of nitrogens with one attached hydrogen (secondary N) is 1. The number of imide groups is 1. The number of thioether (sulfide) groups is 1. The Morgan fingerprint density at radius 3 is 2.86 bits per heavy atom. The Balaban J connectivity index is 2.14. The smallest absolute Gasteiger partial charge is 0.325 e. The predicted octanol–water partition coefficient (Wildman–Crippen LogP) is 2.01. The van der Waals surface area contributed by atoms with E-state index in [0.717, 1.165) is 10.7 Å². The number of halogens is 1. The molecule has 0 bridgehead atoms. The molecular weight excluding hydrogens is 295 g/mol. The fraction of sp³-hybridized carbons (Fsp3) is 0.429. The number of ether oxygens (including phenoxy) is 1. The van der Waals surface area contributed by atoms with Crippen molar-refractivity contribution >= 4 is 23.7 Å². The van der Waals surface area contributed by atoms with E-state index in [1.54, 1.807) is 11.8 Å². The molecule has 0 aliphatic carbocycles. The molecule has 1 N–H and O–H groups in total. The van der Waals surface area contributed by atoms with Crippen LogP contribution >= 0.6 is 11.8 Å². The zero-order valence-electron chi connectivity index (χ0n) is 11.9. The number of carbonyl (C=O) groups is 2. The topological polar surface area (TPSA) is 58.6 Å². The highest BCUT2D eigenvalue weighted by atomic mass is 32.2. The first-order chi connectivity index (χ1) is 10.1. The molecule has 3 amide bonds. The molecule has 0 saturated carbocycles. The molecule has 1 aromatic rings. The van der Waals surface area contributed by atoms with Crippen molar-refractivity contribution in [1.82, 2.24) is 10.2 Å². The molecular formula is C14H17FN2O3S. The third-order valence-corrected chi connectivity index (χ3v) is 3.93. The Bertz CT molecular complexity index is 553. The molecule has 0 radical (unpaired) electrons. The first-order valence-corrected chi connectivity index (χ1v) is 7.89. The second kappa shape index (κ2) is 6.80. The van der Waals surface area contributed by atoms with E-state index in [1.165, 1.54) is 25.3 Å². The Hall–Kier alpha value is -1.76. The van der Waals surface area contributed by atoms with Crippen LogP contribution in [0.3, 0.4) is 0 Å². The molecule has 5 nitrogen and oxygen atoms in total. The zero-order chi connectivity index (χ0) is 15.4. The second-order valence-electron chi connectivity index (χ2n) is 4.66. The lowest BCUT2D eigenvalue weighted by Gasteiger charge is -2.15. The van der Waals surface area contributed by atoms with E-state index in [-0.39, 0.29) is 12.5 Å². The maximum Gasteiger partial charge on any atom is 0.325 e. The maximum atomic E-state index is 13.3. The Morgan fingerprint density at radius 2 is 2.19 bits per heavy atom. The highest BCUT2D eigenvalue weighted by Crippen LogP contribution is 2.23. The van der Waals surface area contributed by atoms with Gasteiger partial charge in [-0.15, -0.1) is 0 Å². The van der Waals surface area contributed by atoms with Crippen molar-refractivity contribution in [3.05, 3.63) is 29.6 Å². The van der Waals surface area contributed by atoms with Crippen molar-refractivity contribution < 1.29 is 18.7 Å². The number of hydrogen-bond donors (Lipinski definition) is 1. The number of benzene rings is 1. The van der Waals surface area contributed by atoms with E-state index in [2.05, 4.69) is 5.32 Å². The van der Waals surface area contributed by atoms with Gasteiger partial charge in [0.05, 0.1) is 13.7 Å². The van der Waals surface area contributed by atoms with E-state index in [9.17, 15) is 14.0 Å². The highest BCUT2D eigenvalue weighted by Gasteiger charge is 2.37. The SMILES string of the molecule is COc1ccc(F)cc1CN1C(=O)NC(CCSC)C1=O. The van der Waals surface area contributed by atoms with Gasteiger partial charge in [0, 0.05) is 5.56 Å². The molecule has 0 spiro atoms. The van der Waals surface area contributed by atoms with Gasteiger partial charge < -0.3 is 10.1 Å². The summed E-state index contributed by atoms with van der Waals surface area (Å²) in [6.07, 6.45) is 2.53. The van der Waals surface area contributed by atoms with Crippen LogP contribution in [0.5, 0.6) is 5.75 Å². The van der Waals surface area contributed by atoms with E-state index < -0.39 is 17.9 Å². The van der Waals surface area contributed by atoms with Gasteiger partial charge in [0.25, 0.3) is 5.91 Å². The number of rotatable bonds is 6. The molecule has 1 aromatic carbocycles. The van der Waals surface area contributed by atoms with Gasteiger partial charge in [-0.25, -0.2) is 9.18 Å². The molecule has 1 unspecified atom stereocenters. The third-order valence-electron chi connectivity index (χ3n) is 3.29. The summed E-state index contributed by atoms with van der Waals surface area (Å²) in [4.78, 5) is 25.2. The summed E-state index contributed by atoms with van der Waals surface area (Å²) in [5, 5.41) is 2.65. The third kappa shape index (κ3) is 3.47. The van der Waals surface area contributed by atoms with Crippen LogP contribution in [0.1, 0.15) is 12.0 Å². The molecule has 1 aliphatic rings. The summed E-state index contributed by atoms with van der Waals surface area (Å²) in [6.45, 7) is 0.00136. The maximum absolute atomic E-state index is 13.3. The molecule has 7 heteroatoms. The molecule has 1 fully saturated rings. The Labute approximate surface area is 126 Å². The first-order valence-electron chi connectivity index (χ1n) is 6.50. The van der Waals surface area contributed by atoms with Crippen LogP contribution in [0.4, 0.5) is 9.18 Å². The van der Waals surface area contributed by atoms with Gasteiger partial charge in [0.2, 0.25) is 0 Å². The summed E-state index contributed by atoms with van der Waals surface area (Å²) in [7, 11) is 1.46. The molecule has 114 valence electrons. The van der Waals surface area contributed by atoms with Crippen molar-refractivity contribution in [2.24, 2.45) is 0 Å². The van der Waals surface area contributed by atoms with Crippen molar-refractivity contribution in [2.45, 2.75) is 19.0 Å². The summed E-state index contributed by atoms with van der Waals surface area (Å²) in [5.74, 6) is 0.523. The van der Waals surface area contributed by atoms with E-state index >= 15 is 0 Å². The predicted molar refractivity (Wildman–Crippen MR) is 78.8 cm³/mol. The molecule has 1 saturated heterocycles. The monoisotopic (exact) mass is 312 g/mol. The minimum Gasteiger partial charge on any atom is -0.496 e. The van der Waals surface area contributed by atoms with Crippen LogP contribution in [0, 0.1) is 5.82 Å². The van der Waals surface area contributed by atoms with Gasteiger partial charge in [0.15, 0.2) is 0 Å². The van der Waals surface area contributed by atoms with Crippen LogP contribution in [0.15, 0.2) is 18.2 Å². The molecule has 1 aliphatic heterocycles. The standard InChI is InChI=1S/C14H17FN2O3S/c1-20-12-4-3-10(15)7-9(12)8-17-13(18)11(5-6-21-2)16-14(17)19/h3-4,7,11H,5-6,8H2,1-2H3,(H,16,19). The quantitative estimate of drug-likeness (QED) is 0.816. The van der Waals surface area contributed by atoms with E-state index in [0.29, 0.717) is 17.7 Å². The lowest BCUT2D eigenvalue weighted by atomic mass is 10.1. The fourth-order valence-electron chi connectivity index (χ4n) is 2.20. The van der Waals surface area contributed by atoms with Gasteiger partial charge in [-0.05, 0) is 36.6 Å². The van der Waals surface area contributed by atoms with Crippen LogP contribution in [0.25, 0.3) is 0 Å². The minimum absolute atomic E-state index is 0.00136. The summed E-state index contributed by atoms with van der Waals surface area (Å²) >= 11 is 1.61. The fourth-order valence-corrected chi connectivity index (χ4v) is 2.67. The van der Waals surface area contributed by atoms with E-state index in [4.69, 9.17) is 4.74 Å². The summed E-state index contributed by atoms with van der Waals surface area (Å²) in [6, 6.07) is 3.08. The zero-order valence-corrected chi connectivity index (χ0v) is 12.7.